The zero-order valence-corrected chi connectivity index (χ0v) is 11.4. The fourth-order valence-corrected chi connectivity index (χ4v) is 2.16. The summed E-state index contributed by atoms with van der Waals surface area (Å²) in [6.45, 7) is 2.46. The Morgan fingerprint density at radius 3 is 2.45 bits per heavy atom. The Morgan fingerprint density at radius 2 is 1.80 bits per heavy atom. The summed E-state index contributed by atoms with van der Waals surface area (Å²) in [6.07, 6.45) is 0. The summed E-state index contributed by atoms with van der Waals surface area (Å²) in [4.78, 5) is 12.9. The van der Waals surface area contributed by atoms with Gasteiger partial charge in [-0.05, 0) is 30.2 Å². The van der Waals surface area contributed by atoms with E-state index in [4.69, 9.17) is 10.8 Å². The maximum Gasteiger partial charge on any atom is 0.323 e. The molecule has 0 fully saturated rings. The van der Waals surface area contributed by atoms with Gasteiger partial charge in [0, 0.05) is 6.54 Å². The molecule has 0 aliphatic heterocycles. The first-order chi connectivity index (χ1) is 9.58. The van der Waals surface area contributed by atoms with Crippen LogP contribution in [0.3, 0.4) is 0 Å². The Bertz CT molecular complexity index is 611. The van der Waals surface area contributed by atoms with Crippen molar-refractivity contribution in [2.45, 2.75) is 13.5 Å². The number of aryl methyl sites for hydroxylation is 1. The van der Waals surface area contributed by atoms with E-state index in [1.807, 2.05) is 49.4 Å². The van der Waals surface area contributed by atoms with Gasteiger partial charge in [-0.2, -0.15) is 0 Å². The van der Waals surface area contributed by atoms with Gasteiger partial charge in [-0.25, -0.2) is 0 Å². The number of nitrogens with two attached hydrogens (primary N) is 1. The molecule has 0 unspecified atom stereocenters. The van der Waals surface area contributed by atoms with Crippen molar-refractivity contribution in [2.75, 3.05) is 17.2 Å². The van der Waals surface area contributed by atoms with E-state index in [-0.39, 0.29) is 6.54 Å². The molecule has 0 saturated carbocycles. The predicted molar refractivity (Wildman–Crippen MR) is 80.7 cm³/mol. The first-order valence-corrected chi connectivity index (χ1v) is 6.43. The first kappa shape index (κ1) is 13.9. The number of benzene rings is 2. The smallest absolute Gasteiger partial charge is 0.323 e. The molecular weight excluding hydrogens is 252 g/mol. The van der Waals surface area contributed by atoms with E-state index >= 15 is 0 Å². The van der Waals surface area contributed by atoms with Crippen LogP contribution in [0.15, 0.2) is 48.5 Å². The number of aliphatic carboxylic acids is 1. The van der Waals surface area contributed by atoms with Crippen LogP contribution in [0.25, 0.3) is 0 Å². The Balaban J connectivity index is 2.32. The maximum atomic E-state index is 11.1. The minimum atomic E-state index is -0.873. The van der Waals surface area contributed by atoms with E-state index in [1.54, 1.807) is 11.0 Å². The van der Waals surface area contributed by atoms with Crippen LogP contribution in [-0.4, -0.2) is 17.6 Å². The standard InChI is InChI=1S/C16H18N2O2/c1-12-6-2-3-7-13(12)10-18(11-16(19)20)15-9-5-4-8-14(15)17/h2-9H,10-11,17H2,1H3,(H,19,20). The molecule has 104 valence electrons. The van der Waals surface area contributed by atoms with Crippen molar-refractivity contribution in [1.82, 2.24) is 0 Å². The van der Waals surface area contributed by atoms with Crippen molar-refractivity contribution in [3.8, 4) is 0 Å². The molecule has 0 amide bonds. The molecule has 0 aliphatic carbocycles. The molecule has 0 bridgehead atoms. The van der Waals surface area contributed by atoms with E-state index in [9.17, 15) is 4.79 Å². The van der Waals surface area contributed by atoms with Gasteiger partial charge in [0.25, 0.3) is 0 Å². The average molecular weight is 270 g/mol. The fraction of sp³-hybridized carbons (Fsp3) is 0.188. The van der Waals surface area contributed by atoms with Crippen LogP contribution in [0.1, 0.15) is 11.1 Å². The van der Waals surface area contributed by atoms with Gasteiger partial charge in [-0.1, -0.05) is 36.4 Å². The van der Waals surface area contributed by atoms with Gasteiger partial charge in [-0.3, -0.25) is 4.79 Å². The summed E-state index contributed by atoms with van der Waals surface area (Å²) < 4.78 is 0. The van der Waals surface area contributed by atoms with Gasteiger partial charge in [0.2, 0.25) is 0 Å². The van der Waals surface area contributed by atoms with Crippen LogP contribution in [0.4, 0.5) is 11.4 Å². The van der Waals surface area contributed by atoms with E-state index < -0.39 is 5.97 Å². The molecule has 2 aromatic carbocycles. The molecule has 0 atom stereocenters. The highest BCUT2D eigenvalue weighted by Gasteiger charge is 2.14. The molecule has 3 N–H and O–H groups in total. The van der Waals surface area contributed by atoms with E-state index in [0.29, 0.717) is 12.2 Å². The molecule has 2 aromatic rings. The number of hydrogen-bond acceptors (Lipinski definition) is 3. The van der Waals surface area contributed by atoms with Crippen LogP contribution in [0.2, 0.25) is 0 Å². The van der Waals surface area contributed by atoms with Gasteiger partial charge in [0.1, 0.15) is 6.54 Å². The Morgan fingerprint density at radius 1 is 1.15 bits per heavy atom. The average Bonchev–Trinajstić information content (AvgIpc) is 2.40. The first-order valence-electron chi connectivity index (χ1n) is 6.43. The summed E-state index contributed by atoms with van der Waals surface area (Å²) in [6, 6.07) is 15.3. The zero-order valence-electron chi connectivity index (χ0n) is 11.4. The van der Waals surface area contributed by atoms with Crippen molar-refractivity contribution in [3.05, 3.63) is 59.7 Å². The number of rotatable bonds is 5. The molecular formula is C16H18N2O2. The van der Waals surface area contributed by atoms with Crippen molar-refractivity contribution in [1.29, 1.82) is 0 Å². The summed E-state index contributed by atoms with van der Waals surface area (Å²) in [5, 5.41) is 9.10. The van der Waals surface area contributed by atoms with Crippen molar-refractivity contribution in [3.63, 3.8) is 0 Å². The molecule has 0 spiro atoms. The lowest BCUT2D eigenvalue weighted by molar-refractivity contribution is -0.135. The van der Waals surface area contributed by atoms with Crippen LogP contribution >= 0.6 is 0 Å². The third-order valence-corrected chi connectivity index (χ3v) is 3.23. The zero-order chi connectivity index (χ0) is 14.5. The van der Waals surface area contributed by atoms with Crippen molar-refractivity contribution >= 4 is 17.3 Å². The van der Waals surface area contributed by atoms with Gasteiger partial charge in [0.15, 0.2) is 0 Å². The Kier molecular flexibility index (Phi) is 4.25. The second-order valence-corrected chi connectivity index (χ2v) is 4.74. The molecule has 0 heterocycles. The second kappa shape index (κ2) is 6.10. The lowest BCUT2D eigenvalue weighted by atomic mass is 10.1. The molecule has 0 aromatic heterocycles. The molecule has 20 heavy (non-hydrogen) atoms. The molecule has 0 saturated heterocycles. The molecule has 2 rings (SSSR count). The Labute approximate surface area is 118 Å². The number of carboxylic acids is 1. The minimum absolute atomic E-state index is 0.0808. The second-order valence-electron chi connectivity index (χ2n) is 4.74. The van der Waals surface area contributed by atoms with Crippen LogP contribution < -0.4 is 10.6 Å². The highest BCUT2D eigenvalue weighted by molar-refractivity contribution is 5.77. The summed E-state index contributed by atoms with van der Waals surface area (Å²) in [5.74, 6) is -0.873. The topological polar surface area (TPSA) is 66.6 Å². The van der Waals surface area contributed by atoms with E-state index in [1.165, 1.54) is 0 Å². The van der Waals surface area contributed by atoms with Crippen LogP contribution in [0.5, 0.6) is 0 Å². The highest BCUT2D eigenvalue weighted by atomic mass is 16.4. The van der Waals surface area contributed by atoms with Gasteiger partial charge in [-0.15, -0.1) is 0 Å². The summed E-state index contributed by atoms with van der Waals surface area (Å²) in [7, 11) is 0. The minimum Gasteiger partial charge on any atom is -0.480 e. The third kappa shape index (κ3) is 3.29. The van der Waals surface area contributed by atoms with Gasteiger partial charge < -0.3 is 15.7 Å². The summed E-state index contributed by atoms with van der Waals surface area (Å²) >= 11 is 0. The van der Waals surface area contributed by atoms with Gasteiger partial charge >= 0.3 is 5.97 Å². The van der Waals surface area contributed by atoms with Crippen molar-refractivity contribution in [2.24, 2.45) is 0 Å². The molecule has 4 nitrogen and oxygen atoms in total. The lowest BCUT2D eigenvalue weighted by Crippen LogP contribution is -2.30. The number of nitrogen functional groups attached to an aromatic ring is 1. The number of carbonyl (C=O) groups is 1. The van der Waals surface area contributed by atoms with Crippen LogP contribution in [0, 0.1) is 6.92 Å². The third-order valence-electron chi connectivity index (χ3n) is 3.23. The van der Waals surface area contributed by atoms with Crippen LogP contribution in [-0.2, 0) is 11.3 Å². The number of anilines is 2. The predicted octanol–water partition coefficient (Wildman–Crippen LogP) is 2.67. The SMILES string of the molecule is Cc1ccccc1CN(CC(=O)O)c1ccccc1N. The quantitative estimate of drug-likeness (QED) is 0.820. The fourth-order valence-electron chi connectivity index (χ4n) is 2.16. The van der Waals surface area contributed by atoms with Crippen molar-refractivity contribution < 1.29 is 9.90 Å². The van der Waals surface area contributed by atoms with E-state index in [2.05, 4.69) is 0 Å². The monoisotopic (exact) mass is 270 g/mol. The number of hydrogen-bond donors (Lipinski definition) is 2. The Hall–Kier alpha value is -2.49. The molecule has 0 aliphatic rings. The normalized spacial score (nSPS) is 10.2. The largest absolute Gasteiger partial charge is 0.480 e. The number of carboxylic acid groups (broad SMARTS) is 1. The van der Waals surface area contributed by atoms with Gasteiger partial charge in [0.05, 0.1) is 11.4 Å². The lowest BCUT2D eigenvalue weighted by Gasteiger charge is -2.25. The number of para-hydroxylation sites is 2. The van der Waals surface area contributed by atoms with E-state index in [0.717, 1.165) is 16.8 Å². The molecule has 0 radical (unpaired) electrons. The summed E-state index contributed by atoms with van der Waals surface area (Å²) in [5.41, 5.74) is 9.52. The number of nitrogens with zero attached hydrogens (tertiary/aromatic N) is 1. The molecule has 4 heteroatoms. The highest BCUT2D eigenvalue weighted by Crippen LogP contribution is 2.24. The maximum absolute atomic E-state index is 11.1.